The molecule has 130 valence electrons. The monoisotopic (exact) mass is 340 g/mol. The van der Waals surface area contributed by atoms with Gasteiger partial charge in [0.15, 0.2) is 0 Å². The van der Waals surface area contributed by atoms with Crippen molar-refractivity contribution in [2.24, 2.45) is 5.92 Å². The molecule has 0 aliphatic carbocycles. The molecule has 3 rings (SSSR count). The molecular formula is C18H20N4O3. The van der Waals surface area contributed by atoms with Gasteiger partial charge >= 0.3 is 0 Å². The van der Waals surface area contributed by atoms with Crippen LogP contribution in [0.15, 0.2) is 52.1 Å². The fourth-order valence-electron chi connectivity index (χ4n) is 2.59. The second-order valence-electron chi connectivity index (χ2n) is 6.03. The first-order chi connectivity index (χ1) is 12.0. The first-order valence-corrected chi connectivity index (χ1v) is 8.07. The third-order valence-corrected chi connectivity index (χ3v) is 3.98. The molecule has 0 saturated carbocycles. The molecule has 0 bridgehead atoms. The standard InChI is InChI=1S/C18H20N4O3/c1-12(11-22-8-7-19-13(22)2)10-20-17(23)14-5-6-15(21-18(14)24)16-4-3-9-25-16/h3-9,12H,10-11H2,1-2H3,(H,20,23)(H,21,24)/t12-/m0/s1. The molecular weight excluding hydrogens is 320 g/mol. The van der Waals surface area contributed by atoms with Gasteiger partial charge in [0, 0.05) is 25.5 Å². The van der Waals surface area contributed by atoms with E-state index >= 15 is 0 Å². The third kappa shape index (κ3) is 3.88. The van der Waals surface area contributed by atoms with Crippen LogP contribution in [0.3, 0.4) is 0 Å². The zero-order chi connectivity index (χ0) is 17.8. The Morgan fingerprint density at radius 1 is 1.40 bits per heavy atom. The number of rotatable bonds is 6. The number of hydrogen-bond acceptors (Lipinski definition) is 4. The molecule has 2 N–H and O–H groups in total. The van der Waals surface area contributed by atoms with Crippen molar-refractivity contribution in [3.8, 4) is 11.5 Å². The number of aryl methyl sites for hydroxylation is 1. The summed E-state index contributed by atoms with van der Waals surface area (Å²) in [7, 11) is 0. The van der Waals surface area contributed by atoms with E-state index in [-0.39, 0.29) is 17.4 Å². The molecule has 7 nitrogen and oxygen atoms in total. The van der Waals surface area contributed by atoms with Gasteiger partial charge in [0.05, 0.1) is 12.0 Å². The van der Waals surface area contributed by atoms with Crippen molar-refractivity contribution >= 4 is 5.91 Å². The summed E-state index contributed by atoms with van der Waals surface area (Å²) in [5.74, 6) is 1.30. The molecule has 0 fully saturated rings. The van der Waals surface area contributed by atoms with E-state index in [1.54, 1.807) is 24.4 Å². The van der Waals surface area contributed by atoms with Gasteiger partial charge in [-0.25, -0.2) is 4.98 Å². The summed E-state index contributed by atoms with van der Waals surface area (Å²) in [5.41, 5.74) is 0.182. The minimum atomic E-state index is -0.440. The zero-order valence-electron chi connectivity index (χ0n) is 14.2. The number of amides is 1. The maximum Gasteiger partial charge on any atom is 0.261 e. The second kappa shape index (κ2) is 7.21. The van der Waals surface area contributed by atoms with Gasteiger partial charge < -0.3 is 19.3 Å². The lowest BCUT2D eigenvalue weighted by molar-refractivity contribution is 0.0945. The predicted molar refractivity (Wildman–Crippen MR) is 93.2 cm³/mol. The highest BCUT2D eigenvalue weighted by Gasteiger charge is 2.13. The van der Waals surface area contributed by atoms with Crippen molar-refractivity contribution in [2.75, 3.05) is 6.54 Å². The van der Waals surface area contributed by atoms with Gasteiger partial charge in [-0.1, -0.05) is 6.92 Å². The van der Waals surface area contributed by atoms with Gasteiger partial charge in [-0.15, -0.1) is 0 Å². The summed E-state index contributed by atoms with van der Waals surface area (Å²) in [6, 6.07) is 6.65. The Morgan fingerprint density at radius 2 is 2.24 bits per heavy atom. The van der Waals surface area contributed by atoms with Crippen molar-refractivity contribution in [3.05, 3.63) is 64.7 Å². The number of nitrogens with zero attached hydrogens (tertiary/aromatic N) is 2. The average Bonchev–Trinajstić information content (AvgIpc) is 3.25. The van der Waals surface area contributed by atoms with E-state index in [1.807, 2.05) is 24.6 Å². The fourth-order valence-corrected chi connectivity index (χ4v) is 2.59. The molecule has 0 radical (unpaired) electrons. The lowest BCUT2D eigenvalue weighted by Gasteiger charge is -2.14. The van der Waals surface area contributed by atoms with Gasteiger partial charge in [-0.05, 0) is 37.1 Å². The van der Waals surface area contributed by atoms with Crippen LogP contribution in [0.5, 0.6) is 0 Å². The van der Waals surface area contributed by atoms with Crippen molar-refractivity contribution in [1.29, 1.82) is 0 Å². The molecule has 3 aromatic rings. The van der Waals surface area contributed by atoms with E-state index in [9.17, 15) is 9.59 Å². The average molecular weight is 340 g/mol. The van der Waals surface area contributed by atoms with E-state index in [1.165, 1.54) is 12.3 Å². The Hall–Kier alpha value is -3.09. The summed E-state index contributed by atoms with van der Waals surface area (Å²) < 4.78 is 7.26. The SMILES string of the molecule is Cc1nccn1C[C@@H](C)CNC(=O)c1ccc(-c2ccco2)[nH]c1=O. The molecule has 1 atom stereocenters. The zero-order valence-corrected chi connectivity index (χ0v) is 14.2. The Kier molecular flexibility index (Phi) is 4.83. The lowest BCUT2D eigenvalue weighted by Crippen LogP contribution is -2.33. The maximum absolute atomic E-state index is 12.3. The van der Waals surface area contributed by atoms with Crippen LogP contribution in [0, 0.1) is 12.8 Å². The molecule has 0 aliphatic heterocycles. The van der Waals surface area contributed by atoms with Crippen LogP contribution in [0.1, 0.15) is 23.1 Å². The Bertz CT molecular complexity index is 909. The third-order valence-electron chi connectivity index (χ3n) is 3.98. The van der Waals surface area contributed by atoms with Crippen LogP contribution in [0.4, 0.5) is 0 Å². The van der Waals surface area contributed by atoms with Crippen LogP contribution < -0.4 is 10.9 Å². The molecule has 7 heteroatoms. The van der Waals surface area contributed by atoms with Crippen LogP contribution in [-0.4, -0.2) is 27.0 Å². The molecule has 0 aliphatic rings. The van der Waals surface area contributed by atoms with Gasteiger partial charge in [-0.3, -0.25) is 9.59 Å². The van der Waals surface area contributed by atoms with E-state index in [4.69, 9.17) is 4.42 Å². The van der Waals surface area contributed by atoms with E-state index in [0.717, 1.165) is 12.4 Å². The summed E-state index contributed by atoms with van der Waals surface area (Å²) in [5, 5.41) is 2.81. The molecule has 0 unspecified atom stereocenters. The molecule has 3 heterocycles. The quantitative estimate of drug-likeness (QED) is 0.719. The minimum absolute atomic E-state index is 0.0846. The van der Waals surface area contributed by atoms with Crippen molar-refractivity contribution in [3.63, 3.8) is 0 Å². The summed E-state index contributed by atoms with van der Waals surface area (Å²) in [4.78, 5) is 31.3. The van der Waals surface area contributed by atoms with Gasteiger partial charge in [-0.2, -0.15) is 0 Å². The van der Waals surface area contributed by atoms with Gasteiger partial charge in [0.1, 0.15) is 17.1 Å². The van der Waals surface area contributed by atoms with Crippen molar-refractivity contribution in [2.45, 2.75) is 20.4 Å². The normalized spacial score (nSPS) is 12.1. The fraction of sp³-hybridized carbons (Fsp3) is 0.278. The first kappa shape index (κ1) is 16.8. The van der Waals surface area contributed by atoms with E-state index in [2.05, 4.69) is 15.3 Å². The van der Waals surface area contributed by atoms with Crippen LogP contribution in [0.2, 0.25) is 0 Å². The Morgan fingerprint density at radius 3 is 2.88 bits per heavy atom. The van der Waals surface area contributed by atoms with Gasteiger partial charge in [0.2, 0.25) is 0 Å². The number of aromatic amines is 1. The summed E-state index contributed by atoms with van der Waals surface area (Å²) >= 11 is 0. The number of carbonyl (C=O) groups excluding carboxylic acids is 1. The van der Waals surface area contributed by atoms with Crippen molar-refractivity contribution < 1.29 is 9.21 Å². The van der Waals surface area contributed by atoms with Crippen LogP contribution in [-0.2, 0) is 6.54 Å². The number of hydrogen-bond donors (Lipinski definition) is 2. The van der Waals surface area contributed by atoms with E-state index < -0.39 is 5.56 Å². The van der Waals surface area contributed by atoms with Crippen molar-refractivity contribution in [1.82, 2.24) is 19.9 Å². The number of pyridine rings is 1. The summed E-state index contributed by atoms with van der Waals surface area (Å²) in [6.45, 7) is 5.19. The summed E-state index contributed by atoms with van der Waals surface area (Å²) in [6.07, 6.45) is 5.18. The van der Waals surface area contributed by atoms with E-state index in [0.29, 0.717) is 18.0 Å². The highest BCUT2D eigenvalue weighted by molar-refractivity contribution is 5.94. The number of nitrogens with one attached hydrogen (secondary N) is 2. The van der Waals surface area contributed by atoms with Gasteiger partial charge in [0.25, 0.3) is 11.5 Å². The van der Waals surface area contributed by atoms with Crippen LogP contribution >= 0.6 is 0 Å². The number of carbonyl (C=O) groups is 1. The number of H-pyrrole nitrogens is 1. The number of aromatic nitrogens is 3. The molecule has 0 aromatic carbocycles. The highest BCUT2D eigenvalue weighted by atomic mass is 16.3. The second-order valence-corrected chi connectivity index (χ2v) is 6.03. The Balaban J connectivity index is 1.61. The first-order valence-electron chi connectivity index (χ1n) is 8.07. The molecule has 0 spiro atoms. The highest BCUT2D eigenvalue weighted by Crippen LogP contribution is 2.15. The van der Waals surface area contributed by atoms with Crippen LogP contribution in [0.25, 0.3) is 11.5 Å². The minimum Gasteiger partial charge on any atom is -0.463 e. The topological polar surface area (TPSA) is 92.9 Å². The molecule has 3 aromatic heterocycles. The number of imidazole rings is 1. The largest absolute Gasteiger partial charge is 0.463 e. The predicted octanol–water partition coefficient (Wildman–Crippen LogP) is 2.21. The smallest absolute Gasteiger partial charge is 0.261 e. The Labute approximate surface area is 144 Å². The lowest BCUT2D eigenvalue weighted by atomic mass is 10.1. The molecule has 0 saturated heterocycles. The molecule has 1 amide bonds. The molecule has 25 heavy (non-hydrogen) atoms. The maximum atomic E-state index is 12.3. The number of furan rings is 1.